The van der Waals surface area contributed by atoms with Crippen molar-refractivity contribution in [2.75, 3.05) is 6.61 Å². The van der Waals surface area contributed by atoms with E-state index >= 15 is 0 Å². The Morgan fingerprint density at radius 3 is 2.52 bits per heavy atom. The number of carbonyl (C=O) groups excluding carboxylic acids is 3. The number of hydrogen-bond acceptors (Lipinski definition) is 4. The number of urea groups is 1. The largest absolute Gasteiger partial charge is 0.455 e. The first-order chi connectivity index (χ1) is 11.9. The van der Waals surface area contributed by atoms with Gasteiger partial charge in [-0.25, -0.2) is 4.79 Å². The van der Waals surface area contributed by atoms with Crippen LogP contribution in [0.1, 0.15) is 37.7 Å². The van der Waals surface area contributed by atoms with E-state index in [1.54, 1.807) is 12.1 Å². The maximum Gasteiger partial charge on any atom is 0.321 e. The van der Waals surface area contributed by atoms with Crippen molar-refractivity contribution in [1.29, 1.82) is 0 Å². The molecule has 0 aromatic heterocycles. The Morgan fingerprint density at radius 2 is 1.84 bits per heavy atom. The van der Waals surface area contributed by atoms with Gasteiger partial charge < -0.3 is 10.1 Å². The van der Waals surface area contributed by atoms with E-state index in [0.29, 0.717) is 15.6 Å². The summed E-state index contributed by atoms with van der Waals surface area (Å²) in [5.41, 5.74) is 0.548. The van der Waals surface area contributed by atoms with E-state index in [0.717, 1.165) is 25.7 Å². The lowest BCUT2D eigenvalue weighted by Gasteiger charge is -2.22. The van der Waals surface area contributed by atoms with Crippen molar-refractivity contribution in [2.45, 2.75) is 44.6 Å². The van der Waals surface area contributed by atoms with Crippen molar-refractivity contribution in [3.05, 3.63) is 33.8 Å². The second kappa shape index (κ2) is 9.63. The minimum Gasteiger partial charge on any atom is -0.455 e. The van der Waals surface area contributed by atoms with Gasteiger partial charge in [-0.2, -0.15) is 0 Å². The number of carbonyl (C=O) groups is 3. The van der Waals surface area contributed by atoms with Crippen molar-refractivity contribution in [3.63, 3.8) is 0 Å². The number of imide groups is 1. The van der Waals surface area contributed by atoms with Crippen LogP contribution in [0.5, 0.6) is 0 Å². The fourth-order valence-corrected chi connectivity index (χ4v) is 3.12. The Bertz CT molecular complexity index is 646. The molecule has 0 radical (unpaired) electrons. The Morgan fingerprint density at radius 1 is 1.12 bits per heavy atom. The third kappa shape index (κ3) is 6.92. The Kier molecular flexibility index (Phi) is 7.52. The zero-order valence-corrected chi connectivity index (χ0v) is 15.2. The molecule has 0 unspecified atom stereocenters. The van der Waals surface area contributed by atoms with Gasteiger partial charge in [0.1, 0.15) is 0 Å². The summed E-state index contributed by atoms with van der Waals surface area (Å²) in [6.45, 7) is -0.526. The number of amides is 3. The van der Waals surface area contributed by atoms with E-state index in [9.17, 15) is 14.4 Å². The molecule has 1 aliphatic rings. The number of hydrogen-bond donors (Lipinski definition) is 2. The summed E-state index contributed by atoms with van der Waals surface area (Å²) in [4.78, 5) is 35.2. The molecule has 0 atom stereocenters. The Hall–Kier alpha value is -1.79. The van der Waals surface area contributed by atoms with Crippen LogP contribution in [0, 0.1) is 0 Å². The van der Waals surface area contributed by atoms with E-state index in [-0.39, 0.29) is 12.5 Å². The van der Waals surface area contributed by atoms with Gasteiger partial charge in [0.2, 0.25) is 0 Å². The second-order valence-electron chi connectivity index (χ2n) is 5.93. The van der Waals surface area contributed by atoms with E-state index in [1.165, 1.54) is 12.5 Å². The molecule has 8 heteroatoms. The van der Waals surface area contributed by atoms with Crippen molar-refractivity contribution in [1.82, 2.24) is 10.6 Å². The zero-order valence-electron chi connectivity index (χ0n) is 13.6. The monoisotopic (exact) mass is 386 g/mol. The van der Waals surface area contributed by atoms with E-state index < -0.39 is 24.5 Å². The van der Waals surface area contributed by atoms with Gasteiger partial charge in [-0.1, -0.05) is 48.5 Å². The first kappa shape index (κ1) is 19.5. The molecular formula is C17H20Cl2N2O4. The summed E-state index contributed by atoms with van der Waals surface area (Å²) >= 11 is 11.8. The molecule has 1 aromatic rings. The van der Waals surface area contributed by atoms with Crippen molar-refractivity contribution < 1.29 is 19.1 Å². The summed E-state index contributed by atoms with van der Waals surface area (Å²) in [6, 6.07) is 4.28. The van der Waals surface area contributed by atoms with Gasteiger partial charge in [0, 0.05) is 16.1 Å². The number of benzene rings is 1. The third-order valence-corrected chi connectivity index (χ3v) is 4.49. The van der Waals surface area contributed by atoms with Crippen LogP contribution >= 0.6 is 23.2 Å². The van der Waals surface area contributed by atoms with Crippen LogP contribution in [0.2, 0.25) is 10.0 Å². The minimum atomic E-state index is -0.677. The van der Waals surface area contributed by atoms with Gasteiger partial charge in [0.25, 0.3) is 5.91 Å². The number of halogens is 2. The minimum absolute atomic E-state index is 0.0858. The van der Waals surface area contributed by atoms with Crippen LogP contribution < -0.4 is 10.6 Å². The van der Waals surface area contributed by atoms with Crippen LogP contribution in [0.25, 0.3) is 0 Å². The third-order valence-electron chi connectivity index (χ3n) is 3.91. The first-order valence-electron chi connectivity index (χ1n) is 8.14. The molecule has 0 saturated heterocycles. The molecule has 6 nitrogen and oxygen atoms in total. The molecule has 1 aliphatic carbocycles. The van der Waals surface area contributed by atoms with Gasteiger partial charge in [0.05, 0.1) is 6.42 Å². The molecule has 1 saturated carbocycles. The lowest BCUT2D eigenvalue weighted by atomic mass is 9.96. The fraction of sp³-hybridized carbons (Fsp3) is 0.471. The van der Waals surface area contributed by atoms with Crippen molar-refractivity contribution in [3.8, 4) is 0 Å². The van der Waals surface area contributed by atoms with Gasteiger partial charge in [-0.05, 0) is 30.5 Å². The summed E-state index contributed by atoms with van der Waals surface area (Å²) in [6.07, 6.45) is 5.06. The van der Waals surface area contributed by atoms with E-state index in [1.807, 2.05) is 0 Å². The van der Waals surface area contributed by atoms with Crippen LogP contribution in [0.3, 0.4) is 0 Å². The fourth-order valence-electron chi connectivity index (χ4n) is 2.65. The highest BCUT2D eigenvalue weighted by atomic mass is 35.5. The summed E-state index contributed by atoms with van der Waals surface area (Å²) in [5.74, 6) is -1.30. The lowest BCUT2D eigenvalue weighted by Crippen LogP contribution is -2.46. The highest BCUT2D eigenvalue weighted by Gasteiger charge is 2.17. The Labute approximate surface area is 156 Å². The summed E-state index contributed by atoms with van der Waals surface area (Å²) in [7, 11) is 0. The molecule has 0 bridgehead atoms. The molecule has 136 valence electrons. The normalized spacial score (nSPS) is 14.6. The maximum atomic E-state index is 11.8. The van der Waals surface area contributed by atoms with Gasteiger partial charge >= 0.3 is 12.0 Å². The quantitative estimate of drug-likeness (QED) is 0.760. The molecule has 3 amide bonds. The molecule has 2 N–H and O–H groups in total. The summed E-state index contributed by atoms with van der Waals surface area (Å²) < 4.78 is 4.86. The number of ether oxygens (including phenoxy) is 1. The SMILES string of the molecule is O=C(COC(=O)Cc1ccc(Cl)cc1Cl)NC(=O)NC1CCCCC1. The van der Waals surface area contributed by atoms with Crippen LogP contribution in [-0.2, 0) is 20.7 Å². The standard InChI is InChI=1S/C17H20Cl2N2O4/c18-12-7-6-11(14(19)9-12)8-16(23)25-10-15(22)21-17(24)20-13-4-2-1-3-5-13/h6-7,9,13H,1-5,8,10H2,(H2,20,21,22,24). The van der Waals surface area contributed by atoms with Crippen molar-refractivity contribution in [2.24, 2.45) is 0 Å². The highest BCUT2D eigenvalue weighted by Crippen LogP contribution is 2.21. The van der Waals surface area contributed by atoms with Crippen molar-refractivity contribution >= 4 is 41.1 Å². The second-order valence-corrected chi connectivity index (χ2v) is 6.77. The van der Waals surface area contributed by atoms with Gasteiger partial charge in [-0.15, -0.1) is 0 Å². The molecule has 0 heterocycles. The number of esters is 1. The predicted octanol–water partition coefficient (Wildman–Crippen LogP) is 3.24. The molecule has 0 spiro atoms. The number of rotatable bonds is 5. The zero-order chi connectivity index (χ0) is 18.2. The van der Waals surface area contributed by atoms with Gasteiger partial charge in [0.15, 0.2) is 6.61 Å². The van der Waals surface area contributed by atoms with Crippen LogP contribution in [-0.4, -0.2) is 30.6 Å². The molecule has 1 fully saturated rings. The highest BCUT2D eigenvalue weighted by molar-refractivity contribution is 6.35. The molecule has 1 aromatic carbocycles. The summed E-state index contributed by atoms with van der Waals surface area (Å²) in [5, 5.41) is 5.72. The maximum absolute atomic E-state index is 11.8. The van der Waals surface area contributed by atoms with Crippen LogP contribution in [0.15, 0.2) is 18.2 Å². The molecule has 25 heavy (non-hydrogen) atoms. The molecular weight excluding hydrogens is 367 g/mol. The average Bonchev–Trinajstić information content (AvgIpc) is 2.56. The smallest absolute Gasteiger partial charge is 0.321 e. The Balaban J connectivity index is 1.69. The first-order valence-corrected chi connectivity index (χ1v) is 8.89. The van der Waals surface area contributed by atoms with E-state index in [4.69, 9.17) is 27.9 Å². The van der Waals surface area contributed by atoms with E-state index in [2.05, 4.69) is 10.6 Å². The predicted molar refractivity (Wildman–Crippen MR) is 94.7 cm³/mol. The molecule has 2 rings (SSSR count). The number of nitrogens with one attached hydrogen (secondary N) is 2. The van der Waals surface area contributed by atoms with Gasteiger partial charge in [-0.3, -0.25) is 14.9 Å². The van der Waals surface area contributed by atoms with Crippen LogP contribution in [0.4, 0.5) is 4.79 Å². The lowest BCUT2D eigenvalue weighted by molar-refractivity contribution is -0.147. The average molecular weight is 387 g/mol. The topological polar surface area (TPSA) is 84.5 Å². The molecule has 0 aliphatic heterocycles.